The zero-order valence-corrected chi connectivity index (χ0v) is 9.57. The standard InChI is InChI=1S/C13H12FNO2/c1-8-3-4-9(2)15(8)12-6-5-10(13(16)17)7-11(12)14/h3-7H,1-2H3,(H,16,17). The summed E-state index contributed by atoms with van der Waals surface area (Å²) in [6.45, 7) is 3.75. The molecule has 1 N–H and O–H groups in total. The summed E-state index contributed by atoms with van der Waals surface area (Å²) >= 11 is 0. The summed E-state index contributed by atoms with van der Waals surface area (Å²) in [5.74, 6) is -1.66. The molecule has 0 amide bonds. The Bertz CT molecular complexity index is 568. The molecule has 0 aliphatic carbocycles. The van der Waals surface area contributed by atoms with E-state index in [9.17, 15) is 9.18 Å². The zero-order valence-electron chi connectivity index (χ0n) is 9.57. The highest BCUT2D eigenvalue weighted by molar-refractivity contribution is 5.87. The summed E-state index contributed by atoms with van der Waals surface area (Å²) in [6, 6.07) is 7.70. The Labute approximate surface area is 98.1 Å². The number of carboxylic acid groups (broad SMARTS) is 1. The maximum Gasteiger partial charge on any atom is 0.335 e. The van der Waals surface area contributed by atoms with Crippen LogP contribution in [0.15, 0.2) is 30.3 Å². The highest BCUT2D eigenvalue weighted by atomic mass is 19.1. The fourth-order valence-corrected chi connectivity index (χ4v) is 1.87. The number of nitrogens with zero attached hydrogens (tertiary/aromatic N) is 1. The monoisotopic (exact) mass is 233 g/mol. The molecular formula is C13H12FNO2. The van der Waals surface area contributed by atoms with Crippen LogP contribution < -0.4 is 0 Å². The lowest BCUT2D eigenvalue weighted by Crippen LogP contribution is -2.04. The van der Waals surface area contributed by atoms with Gasteiger partial charge in [-0.15, -0.1) is 0 Å². The van der Waals surface area contributed by atoms with Crippen molar-refractivity contribution in [2.24, 2.45) is 0 Å². The minimum atomic E-state index is -1.13. The third-order valence-electron chi connectivity index (χ3n) is 2.71. The summed E-state index contributed by atoms with van der Waals surface area (Å²) in [5.41, 5.74) is 2.14. The quantitative estimate of drug-likeness (QED) is 0.866. The van der Waals surface area contributed by atoms with E-state index in [2.05, 4.69) is 0 Å². The zero-order chi connectivity index (χ0) is 12.6. The molecular weight excluding hydrogens is 221 g/mol. The van der Waals surface area contributed by atoms with Gasteiger partial charge in [-0.3, -0.25) is 0 Å². The first-order valence-corrected chi connectivity index (χ1v) is 5.19. The highest BCUT2D eigenvalue weighted by Gasteiger charge is 2.12. The van der Waals surface area contributed by atoms with Gasteiger partial charge in [0.15, 0.2) is 0 Å². The van der Waals surface area contributed by atoms with Crippen LogP contribution in [0.2, 0.25) is 0 Å². The van der Waals surface area contributed by atoms with E-state index in [1.807, 2.05) is 26.0 Å². The number of rotatable bonds is 2. The minimum absolute atomic E-state index is 0.0475. The molecule has 0 spiro atoms. The van der Waals surface area contributed by atoms with E-state index in [1.54, 1.807) is 4.57 Å². The molecule has 88 valence electrons. The molecule has 0 bridgehead atoms. The molecule has 0 fully saturated rings. The normalized spacial score (nSPS) is 10.5. The van der Waals surface area contributed by atoms with Gasteiger partial charge in [0.2, 0.25) is 0 Å². The Morgan fingerprint density at radius 2 is 1.76 bits per heavy atom. The Kier molecular flexibility index (Phi) is 2.71. The maximum atomic E-state index is 13.8. The molecule has 0 saturated heterocycles. The molecule has 0 aliphatic heterocycles. The molecule has 0 saturated carbocycles. The van der Waals surface area contributed by atoms with Crippen molar-refractivity contribution in [3.8, 4) is 5.69 Å². The largest absolute Gasteiger partial charge is 0.478 e. The Hall–Kier alpha value is -2.10. The van der Waals surface area contributed by atoms with Gasteiger partial charge in [-0.25, -0.2) is 9.18 Å². The van der Waals surface area contributed by atoms with Gasteiger partial charge in [0.05, 0.1) is 11.3 Å². The van der Waals surface area contributed by atoms with E-state index < -0.39 is 11.8 Å². The summed E-state index contributed by atoms with van der Waals surface area (Å²) in [7, 11) is 0. The first-order chi connectivity index (χ1) is 8.00. The molecule has 0 radical (unpaired) electrons. The van der Waals surface area contributed by atoms with Crippen LogP contribution in [-0.4, -0.2) is 15.6 Å². The van der Waals surface area contributed by atoms with E-state index in [1.165, 1.54) is 12.1 Å². The fourth-order valence-electron chi connectivity index (χ4n) is 1.87. The molecule has 3 nitrogen and oxygen atoms in total. The van der Waals surface area contributed by atoms with Crippen LogP contribution in [0, 0.1) is 19.7 Å². The number of hydrogen-bond donors (Lipinski definition) is 1. The van der Waals surface area contributed by atoms with Crippen molar-refractivity contribution in [3.05, 3.63) is 53.1 Å². The Balaban J connectivity index is 2.58. The first kappa shape index (κ1) is 11.4. The molecule has 1 aromatic carbocycles. The van der Waals surface area contributed by atoms with E-state index in [-0.39, 0.29) is 5.56 Å². The van der Waals surface area contributed by atoms with Crippen molar-refractivity contribution in [3.63, 3.8) is 0 Å². The summed E-state index contributed by atoms with van der Waals surface area (Å²) < 4.78 is 15.6. The van der Waals surface area contributed by atoms with Gasteiger partial charge in [0.25, 0.3) is 0 Å². The van der Waals surface area contributed by atoms with Gasteiger partial charge < -0.3 is 9.67 Å². The lowest BCUT2D eigenvalue weighted by Gasteiger charge is -2.10. The van der Waals surface area contributed by atoms with Crippen LogP contribution in [0.3, 0.4) is 0 Å². The van der Waals surface area contributed by atoms with Crippen molar-refractivity contribution < 1.29 is 14.3 Å². The summed E-state index contributed by atoms with van der Waals surface area (Å²) in [4.78, 5) is 10.7. The number of aromatic carboxylic acids is 1. The van der Waals surface area contributed by atoms with Crippen molar-refractivity contribution in [2.45, 2.75) is 13.8 Å². The number of halogens is 1. The molecule has 4 heteroatoms. The van der Waals surface area contributed by atoms with E-state index in [0.29, 0.717) is 5.69 Å². The predicted octanol–water partition coefficient (Wildman–Crippen LogP) is 2.93. The molecule has 0 unspecified atom stereocenters. The average molecular weight is 233 g/mol. The number of aromatic nitrogens is 1. The van der Waals surface area contributed by atoms with E-state index in [0.717, 1.165) is 17.5 Å². The van der Waals surface area contributed by atoms with Crippen LogP contribution >= 0.6 is 0 Å². The minimum Gasteiger partial charge on any atom is -0.478 e. The highest BCUT2D eigenvalue weighted by Crippen LogP contribution is 2.20. The van der Waals surface area contributed by atoms with Crippen LogP contribution in [0.4, 0.5) is 4.39 Å². The third-order valence-corrected chi connectivity index (χ3v) is 2.71. The second-order valence-corrected chi connectivity index (χ2v) is 3.92. The lowest BCUT2D eigenvalue weighted by atomic mass is 10.2. The van der Waals surface area contributed by atoms with E-state index >= 15 is 0 Å². The average Bonchev–Trinajstić information content (AvgIpc) is 2.59. The van der Waals surface area contributed by atoms with Crippen LogP contribution in [0.1, 0.15) is 21.7 Å². The molecule has 0 atom stereocenters. The van der Waals surface area contributed by atoms with Gasteiger partial charge in [0, 0.05) is 11.4 Å². The SMILES string of the molecule is Cc1ccc(C)n1-c1ccc(C(=O)O)cc1F. The first-order valence-electron chi connectivity index (χ1n) is 5.19. The van der Waals surface area contributed by atoms with Crippen LogP contribution in [0.5, 0.6) is 0 Å². The number of carboxylic acids is 1. The van der Waals surface area contributed by atoms with Crippen molar-refractivity contribution in [1.82, 2.24) is 4.57 Å². The molecule has 2 aromatic rings. The van der Waals surface area contributed by atoms with Crippen molar-refractivity contribution in [1.29, 1.82) is 0 Å². The molecule has 2 rings (SSSR count). The smallest absolute Gasteiger partial charge is 0.335 e. The van der Waals surface area contributed by atoms with Crippen LogP contribution in [-0.2, 0) is 0 Å². The van der Waals surface area contributed by atoms with Gasteiger partial charge >= 0.3 is 5.97 Å². The number of carbonyl (C=O) groups is 1. The molecule has 0 aliphatic rings. The number of benzene rings is 1. The molecule has 17 heavy (non-hydrogen) atoms. The fraction of sp³-hybridized carbons (Fsp3) is 0.154. The maximum absolute atomic E-state index is 13.8. The number of hydrogen-bond acceptors (Lipinski definition) is 1. The Morgan fingerprint density at radius 1 is 1.18 bits per heavy atom. The molecule has 1 aromatic heterocycles. The van der Waals surface area contributed by atoms with Crippen LogP contribution in [0.25, 0.3) is 5.69 Å². The van der Waals surface area contributed by atoms with Gasteiger partial charge in [-0.05, 0) is 44.2 Å². The van der Waals surface area contributed by atoms with Gasteiger partial charge in [-0.2, -0.15) is 0 Å². The summed E-state index contributed by atoms with van der Waals surface area (Å²) in [6.07, 6.45) is 0. The topological polar surface area (TPSA) is 42.2 Å². The number of aryl methyl sites for hydroxylation is 2. The second kappa shape index (κ2) is 4.05. The second-order valence-electron chi connectivity index (χ2n) is 3.92. The van der Waals surface area contributed by atoms with Gasteiger partial charge in [0.1, 0.15) is 5.82 Å². The van der Waals surface area contributed by atoms with Crippen molar-refractivity contribution in [2.75, 3.05) is 0 Å². The summed E-state index contributed by atoms with van der Waals surface area (Å²) in [5, 5.41) is 8.77. The third kappa shape index (κ3) is 1.93. The van der Waals surface area contributed by atoms with Gasteiger partial charge in [-0.1, -0.05) is 0 Å². The van der Waals surface area contributed by atoms with E-state index in [4.69, 9.17) is 5.11 Å². The lowest BCUT2D eigenvalue weighted by molar-refractivity contribution is 0.0696. The predicted molar refractivity (Wildman–Crippen MR) is 62.2 cm³/mol. The molecule has 1 heterocycles. The van der Waals surface area contributed by atoms with Crippen molar-refractivity contribution >= 4 is 5.97 Å². The Morgan fingerprint density at radius 3 is 2.24 bits per heavy atom.